The topological polar surface area (TPSA) is 117 Å². The molecule has 0 fully saturated rings. The number of carbonyl (C=O) groups excluding carboxylic acids is 1. The standard InChI is InChI=1S/C49H86NO7P/c1-3-5-7-9-11-13-15-17-19-21-22-23-24-25-27-29-31-33-35-37-39-41-44-54-46-48(47-56-58(52,53)55-45-43-50)57-49(51)42-40-38-36-34-32-30-28-26-20-18-16-14-12-10-8-6-4-2/h6,8,12,14-15,17-18,20-22,24-25,28,30,48H,3-5,7,9-11,13,16,19,23,26-27,29,31-47,50H2,1-2H3,(H,52,53)/b8-6-,14-12-,17-15-,20-18-,22-21-,25-24-,30-28-. The molecule has 2 atom stereocenters. The summed E-state index contributed by atoms with van der Waals surface area (Å²) in [5, 5.41) is 0. The maximum Gasteiger partial charge on any atom is 0.472 e. The van der Waals surface area contributed by atoms with Gasteiger partial charge in [-0.1, -0.05) is 170 Å². The molecule has 8 nitrogen and oxygen atoms in total. The number of phosphoric acid groups is 1. The summed E-state index contributed by atoms with van der Waals surface area (Å²) in [4.78, 5) is 22.5. The molecule has 334 valence electrons. The highest BCUT2D eigenvalue weighted by atomic mass is 31.2. The molecular formula is C49H86NO7P. The second-order valence-electron chi connectivity index (χ2n) is 14.9. The lowest BCUT2D eigenvalue weighted by Crippen LogP contribution is -2.28. The number of allylic oxidation sites excluding steroid dienone is 14. The average Bonchev–Trinajstić information content (AvgIpc) is 3.21. The van der Waals surface area contributed by atoms with Crippen LogP contribution in [0.4, 0.5) is 0 Å². The summed E-state index contributed by atoms with van der Waals surface area (Å²) in [6, 6.07) is 0. The minimum atomic E-state index is -4.29. The van der Waals surface area contributed by atoms with E-state index in [2.05, 4.69) is 98.9 Å². The zero-order chi connectivity index (χ0) is 42.3. The lowest BCUT2D eigenvalue weighted by molar-refractivity contribution is -0.154. The van der Waals surface area contributed by atoms with E-state index in [1.54, 1.807) is 0 Å². The lowest BCUT2D eigenvalue weighted by Gasteiger charge is -2.20. The molecular weight excluding hydrogens is 746 g/mol. The van der Waals surface area contributed by atoms with Crippen molar-refractivity contribution in [2.75, 3.05) is 33.0 Å². The van der Waals surface area contributed by atoms with Crippen molar-refractivity contribution >= 4 is 13.8 Å². The van der Waals surface area contributed by atoms with Gasteiger partial charge in [0, 0.05) is 19.6 Å². The number of hydrogen-bond donors (Lipinski definition) is 2. The van der Waals surface area contributed by atoms with Crippen LogP contribution in [-0.4, -0.2) is 49.9 Å². The second kappa shape index (κ2) is 45.8. The Hall–Kier alpha value is -2.32. The number of phosphoric ester groups is 1. The van der Waals surface area contributed by atoms with Crippen LogP contribution < -0.4 is 5.73 Å². The van der Waals surface area contributed by atoms with Gasteiger partial charge in [-0.2, -0.15) is 0 Å². The predicted octanol–water partition coefficient (Wildman–Crippen LogP) is 14.1. The molecule has 0 aliphatic carbocycles. The smallest absolute Gasteiger partial charge is 0.457 e. The summed E-state index contributed by atoms with van der Waals surface area (Å²) in [5.74, 6) is -0.360. The third-order valence-electron chi connectivity index (χ3n) is 9.30. The van der Waals surface area contributed by atoms with E-state index in [1.165, 1.54) is 64.2 Å². The molecule has 0 aromatic rings. The highest BCUT2D eigenvalue weighted by molar-refractivity contribution is 7.47. The number of carbonyl (C=O) groups is 1. The monoisotopic (exact) mass is 832 g/mol. The fourth-order valence-corrected chi connectivity index (χ4v) is 6.70. The summed E-state index contributed by atoms with van der Waals surface area (Å²) < 4.78 is 33.5. The zero-order valence-corrected chi connectivity index (χ0v) is 37.9. The van der Waals surface area contributed by atoms with Crippen molar-refractivity contribution in [3.8, 4) is 0 Å². The van der Waals surface area contributed by atoms with Crippen molar-refractivity contribution < 1.29 is 32.8 Å². The maximum atomic E-state index is 12.6. The van der Waals surface area contributed by atoms with Gasteiger partial charge in [0.05, 0.1) is 19.8 Å². The fraction of sp³-hybridized carbons (Fsp3) is 0.694. The van der Waals surface area contributed by atoms with E-state index in [-0.39, 0.29) is 38.8 Å². The first-order valence-corrected chi connectivity index (χ1v) is 24.6. The number of hydrogen-bond acceptors (Lipinski definition) is 7. The molecule has 0 amide bonds. The van der Waals surface area contributed by atoms with Crippen LogP contribution in [0.5, 0.6) is 0 Å². The van der Waals surface area contributed by atoms with Crippen molar-refractivity contribution in [3.63, 3.8) is 0 Å². The number of esters is 1. The first kappa shape index (κ1) is 55.7. The molecule has 2 unspecified atom stereocenters. The van der Waals surface area contributed by atoms with Gasteiger partial charge in [-0.15, -0.1) is 0 Å². The third kappa shape index (κ3) is 44.8. The number of ether oxygens (including phenoxy) is 2. The molecule has 0 spiro atoms. The van der Waals surface area contributed by atoms with E-state index in [0.29, 0.717) is 6.61 Å². The van der Waals surface area contributed by atoms with E-state index in [4.69, 9.17) is 24.3 Å². The Kier molecular flexibility index (Phi) is 43.9. The van der Waals surface area contributed by atoms with Gasteiger partial charge in [0.25, 0.3) is 0 Å². The number of unbranched alkanes of at least 4 members (excludes halogenated alkanes) is 16. The Balaban J connectivity index is 4.08. The molecule has 0 aromatic heterocycles. The summed E-state index contributed by atoms with van der Waals surface area (Å²) in [5.41, 5.74) is 5.37. The highest BCUT2D eigenvalue weighted by Gasteiger charge is 2.25. The molecule has 0 rings (SSSR count). The van der Waals surface area contributed by atoms with Crippen LogP contribution in [0.15, 0.2) is 85.1 Å². The van der Waals surface area contributed by atoms with E-state index in [9.17, 15) is 14.3 Å². The molecule has 0 aliphatic rings. The zero-order valence-electron chi connectivity index (χ0n) is 37.0. The molecule has 0 bridgehead atoms. The molecule has 0 heterocycles. The van der Waals surface area contributed by atoms with Gasteiger partial charge in [0.15, 0.2) is 0 Å². The van der Waals surface area contributed by atoms with Crippen molar-refractivity contribution in [1.29, 1.82) is 0 Å². The average molecular weight is 832 g/mol. The largest absolute Gasteiger partial charge is 0.472 e. The molecule has 58 heavy (non-hydrogen) atoms. The van der Waals surface area contributed by atoms with Crippen LogP contribution in [0.2, 0.25) is 0 Å². The molecule has 0 saturated carbocycles. The van der Waals surface area contributed by atoms with Crippen LogP contribution in [-0.2, 0) is 27.9 Å². The third-order valence-corrected chi connectivity index (χ3v) is 10.3. The van der Waals surface area contributed by atoms with E-state index in [0.717, 1.165) is 96.3 Å². The molecule has 9 heteroatoms. The van der Waals surface area contributed by atoms with Crippen LogP contribution in [0.3, 0.4) is 0 Å². The van der Waals surface area contributed by atoms with Gasteiger partial charge in [-0.3, -0.25) is 13.8 Å². The second-order valence-corrected chi connectivity index (χ2v) is 16.3. The van der Waals surface area contributed by atoms with Crippen LogP contribution in [0.1, 0.15) is 181 Å². The van der Waals surface area contributed by atoms with Gasteiger partial charge >= 0.3 is 13.8 Å². The Labute approximate surface area is 356 Å². The number of nitrogens with two attached hydrogens (primary N) is 1. The molecule has 0 radical (unpaired) electrons. The fourth-order valence-electron chi connectivity index (χ4n) is 5.93. The Morgan fingerprint density at radius 2 is 0.966 bits per heavy atom. The van der Waals surface area contributed by atoms with Crippen molar-refractivity contribution in [2.24, 2.45) is 5.73 Å². The van der Waals surface area contributed by atoms with E-state index >= 15 is 0 Å². The Morgan fingerprint density at radius 1 is 0.534 bits per heavy atom. The molecule has 0 saturated heterocycles. The van der Waals surface area contributed by atoms with Gasteiger partial charge in [0.1, 0.15) is 6.10 Å². The molecule has 3 N–H and O–H groups in total. The predicted molar refractivity (Wildman–Crippen MR) is 247 cm³/mol. The van der Waals surface area contributed by atoms with Gasteiger partial charge < -0.3 is 20.1 Å². The summed E-state index contributed by atoms with van der Waals surface area (Å²) in [7, 11) is -4.29. The van der Waals surface area contributed by atoms with Crippen LogP contribution in [0.25, 0.3) is 0 Å². The first-order chi connectivity index (χ1) is 28.4. The minimum Gasteiger partial charge on any atom is -0.457 e. The van der Waals surface area contributed by atoms with Crippen molar-refractivity contribution in [1.82, 2.24) is 0 Å². The van der Waals surface area contributed by atoms with Crippen molar-refractivity contribution in [3.05, 3.63) is 85.1 Å². The van der Waals surface area contributed by atoms with Crippen LogP contribution in [0, 0.1) is 0 Å². The Bertz CT molecular complexity index is 1160. The quantitative estimate of drug-likeness (QED) is 0.0270. The number of rotatable bonds is 43. The van der Waals surface area contributed by atoms with Crippen LogP contribution >= 0.6 is 7.82 Å². The van der Waals surface area contributed by atoms with Gasteiger partial charge in [-0.25, -0.2) is 4.57 Å². The summed E-state index contributed by atoms with van der Waals surface area (Å²) >= 11 is 0. The van der Waals surface area contributed by atoms with Gasteiger partial charge in [-0.05, 0) is 89.9 Å². The first-order valence-electron chi connectivity index (χ1n) is 23.1. The summed E-state index contributed by atoms with van der Waals surface area (Å²) in [6.07, 6.45) is 58.9. The van der Waals surface area contributed by atoms with E-state index in [1.807, 2.05) is 0 Å². The molecule has 0 aliphatic heterocycles. The normalized spacial score (nSPS) is 14.2. The lowest BCUT2D eigenvalue weighted by atomic mass is 10.1. The molecule has 0 aromatic carbocycles. The Morgan fingerprint density at radius 3 is 1.45 bits per heavy atom. The maximum absolute atomic E-state index is 12.6. The summed E-state index contributed by atoms with van der Waals surface area (Å²) in [6.45, 7) is 4.72. The minimum absolute atomic E-state index is 0.0895. The van der Waals surface area contributed by atoms with Gasteiger partial charge in [0.2, 0.25) is 0 Å². The van der Waals surface area contributed by atoms with Crippen molar-refractivity contribution in [2.45, 2.75) is 187 Å². The van der Waals surface area contributed by atoms with E-state index < -0.39 is 13.9 Å². The highest BCUT2D eigenvalue weighted by Crippen LogP contribution is 2.43. The SMILES string of the molecule is CC/C=C\C/C=C\C/C=C\C/C=C\CCCCCCC(=O)OC(COCCCCCCCCC/C=C\C/C=C\C/C=C\CCCCCCC)COP(=O)(O)OCCN.